The van der Waals surface area contributed by atoms with E-state index in [0.717, 1.165) is 6.16 Å². The predicted octanol–water partition coefficient (Wildman–Crippen LogP) is 0.923. The van der Waals surface area contributed by atoms with Gasteiger partial charge < -0.3 is 5.11 Å². The fraction of sp³-hybridized carbons (Fsp3) is 0.800. The van der Waals surface area contributed by atoms with Gasteiger partial charge in [0.1, 0.15) is 0 Å². The van der Waals surface area contributed by atoms with E-state index in [2.05, 4.69) is 20.3 Å². The molecule has 0 fully saturated rings. The molecule has 1 nitrogen and oxygen atoms in total. The zero-order valence-corrected chi connectivity index (χ0v) is 5.78. The smallest absolute Gasteiger partial charge is 0.0580 e. The Balaban J connectivity index is 2.95. The van der Waals surface area contributed by atoms with E-state index >= 15 is 0 Å². The number of aliphatic hydroxyl groups excluding tert-OH is 1. The van der Waals surface area contributed by atoms with Gasteiger partial charge in [-0.05, 0) is 26.4 Å². The van der Waals surface area contributed by atoms with Gasteiger partial charge in [-0.2, -0.15) is 0 Å². The van der Waals surface area contributed by atoms with Crippen molar-refractivity contribution < 1.29 is 5.11 Å². The molecule has 7 heavy (non-hydrogen) atoms. The van der Waals surface area contributed by atoms with E-state index in [1.54, 1.807) is 0 Å². The summed E-state index contributed by atoms with van der Waals surface area (Å²) in [6.07, 6.45) is 0.524. The van der Waals surface area contributed by atoms with Crippen molar-refractivity contribution in [2.75, 3.05) is 19.5 Å². The van der Waals surface area contributed by atoms with Gasteiger partial charge in [-0.1, -0.05) is 0 Å². The van der Waals surface area contributed by atoms with E-state index in [0.29, 0.717) is 0 Å². The minimum absolute atomic E-state index is 0.0476. The van der Waals surface area contributed by atoms with Gasteiger partial charge in [0, 0.05) is 0 Å². The van der Waals surface area contributed by atoms with Crippen LogP contribution in [0.4, 0.5) is 0 Å². The molecule has 0 aromatic rings. The molecular weight excluding hydrogens is 107 g/mol. The lowest BCUT2D eigenvalue weighted by molar-refractivity contribution is 0.245. The lowest BCUT2D eigenvalue weighted by atomic mass is 10.5. The fourth-order valence-electron chi connectivity index (χ4n) is 0.421. The summed E-state index contributed by atoms with van der Waals surface area (Å²) in [5.41, 5.74) is 0. The van der Waals surface area contributed by atoms with Crippen molar-refractivity contribution in [3.05, 3.63) is 6.92 Å². The Morgan fingerprint density at radius 3 is 2.14 bits per heavy atom. The molecule has 0 aromatic carbocycles. The van der Waals surface area contributed by atoms with Crippen LogP contribution in [0.1, 0.15) is 0 Å². The second-order valence-electron chi connectivity index (χ2n) is 1.92. The van der Waals surface area contributed by atoms with Crippen molar-refractivity contribution in [1.29, 1.82) is 0 Å². The minimum atomic E-state index is -0.346. The van der Waals surface area contributed by atoms with Crippen LogP contribution in [0.3, 0.4) is 0 Å². The Morgan fingerprint density at radius 1 is 1.71 bits per heavy atom. The molecule has 0 saturated heterocycles. The minimum Gasteiger partial charge on any atom is -0.393 e. The van der Waals surface area contributed by atoms with E-state index in [4.69, 9.17) is 5.11 Å². The van der Waals surface area contributed by atoms with Crippen LogP contribution in [0.25, 0.3) is 0 Å². The van der Waals surface area contributed by atoms with E-state index in [9.17, 15) is 0 Å². The van der Waals surface area contributed by atoms with Crippen LogP contribution in [0, 0.1) is 6.92 Å². The van der Waals surface area contributed by atoms with Gasteiger partial charge in [-0.15, -0.1) is 7.92 Å². The summed E-state index contributed by atoms with van der Waals surface area (Å²) in [5, 5.41) is 8.63. The summed E-state index contributed by atoms with van der Waals surface area (Å²) in [5.74, 6) is 0. The molecule has 1 unspecified atom stereocenters. The maximum atomic E-state index is 8.63. The first-order chi connectivity index (χ1) is 3.13. The molecule has 0 aliphatic carbocycles. The van der Waals surface area contributed by atoms with Crippen molar-refractivity contribution in [3.63, 3.8) is 0 Å². The van der Waals surface area contributed by atoms with Crippen LogP contribution in [-0.4, -0.2) is 30.7 Å². The SMILES string of the molecule is [CH2]C(O)CP(C)C. The zero-order valence-electron chi connectivity index (χ0n) is 4.89. The third-order valence-corrected chi connectivity index (χ3v) is 1.73. The van der Waals surface area contributed by atoms with Gasteiger partial charge in [-0.25, -0.2) is 0 Å². The molecule has 0 heterocycles. The van der Waals surface area contributed by atoms with Gasteiger partial charge in [0.25, 0.3) is 0 Å². The van der Waals surface area contributed by atoms with E-state index in [1.165, 1.54) is 0 Å². The average Bonchev–Trinajstić information content (AvgIpc) is 1.27. The average molecular weight is 119 g/mol. The first kappa shape index (κ1) is 7.39. The van der Waals surface area contributed by atoms with Crippen molar-refractivity contribution in [2.45, 2.75) is 6.10 Å². The van der Waals surface area contributed by atoms with Crippen LogP contribution in [0.2, 0.25) is 0 Å². The topological polar surface area (TPSA) is 20.2 Å². The third kappa shape index (κ3) is 6.39. The second kappa shape index (κ2) is 3.40. The highest BCUT2D eigenvalue weighted by Crippen LogP contribution is 2.24. The lowest BCUT2D eigenvalue weighted by Crippen LogP contribution is -2.03. The Hall–Kier alpha value is 0.390. The fourth-order valence-corrected chi connectivity index (χ4v) is 1.26. The van der Waals surface area contributed by atoms with Gasteiger partial charge in [0.05, 0.1) is 6.10 Å². The molecule has 1 atom stereocenters. The Kier molecular flexibility index (Phi) is 3.59. The highest BCUT2D eigenvalue weighted by atomic mass is 31.1. The molecule has 1 N–H and O–H groups in total. The summed E-state index contributed by atoms with van der Waals surface area (Å²) >= 11 is 0. The third-order valence-electron chi connectivity index (χ3n) is 0.576. The molecule has 2 heteroatoms. The zero-order chi connectivity index (χ0) is 5.86. The highest BCUT2D eigenvalue weighted by Gasteiger charge is 1.96. The van der Waals surface area contributed by atoms with Gasteiger partial charge in [0.15, 0.2) is 0 Å². The lowest BCUT2D eigenvalue weighted by Gasteiger charge is -2.05. The van der Waals surface area contributed by atoms with E-state index in [1.807, 2.05) is 0 Å². The monoisotopic (exact) mass is 119 g/mol. The molecular formula is C5H12OP. The summed E-state index contributed by atoms with van der Waals surface area (Å²) in [6, 6.07) is 0. The van der Waals surface area contributed by atoms with E-state index < -0.39 is 0 Å². The van der Waals surface area contributed by atoms with Gasteiger partial charge in [0.2, 0.25) is 0 Å². The van der Waals surface area contributed by atoms with Crippen molar-refractivity contribution >= 4 is 7.92 Å². The molecule has 0 aliphatic rings. The molecule has 0 spiro atoms. The number of rotatable bonds is 2. The largest absolute Gasteiger partial charge is 0.393 e. The number of aliphatic hydroxyl groups is 1. The van der Waals surface area contributed by atoms with Crippen molar-refractivity contribution in [3.8, 4) is 0 Å². The normalized spacial score (nSPS) is 15.0. The van der Waals surface area contributed by atoms with Crippen LogP contribution < -0.4 is 0 Å². The summed E-state index contributed by atoms with van der Waals surface area (Å²) in [4.78, 5) is 0. The predicted molar refractivity (Wildman–Crippen MR) is 35.0 cm³/mol. The van der Waals surface area contributed by atoms with E-state index in [-0.39, 0.29) is 14.0 Å². The maximum Gasteiger partial charge on any atom is 0.0580 e. The van der Waals surface area contributed by atoms with Crippen molar-refractivity contribution in [2.24, 2.45) is 0 Å². The standard InChI is InChI=1S/C5H12OP/c1-5(6)4-7(2)3/h5-6H,1,4H2,2-3H3. The van der Waals surface area contributed by atoms with Crippen LogP contribution in [0.15, 0.2) is 0 Å². The Bertz CT molecular complexity index is 37.3. The summed E-state index contributed by atoms with van der Waals surface area (Å²) in [6.45, 7) is 7.71. The first-order valence-electron chi connectivity index (χ1n) is 2.29. The molecule has 43 valence electrons. The van der Waals surface area contributed by atoms with Crippen molar-refractivity contribution in [1.82, 2.24) is 0 Å². The second-order valence-corrected chi connectivity index (χ2v) is 4.44. The number of hydrogen-bond acceptors (Lipinski definition) is 1. The van der Waals surface area contributed by atoms with Crippen LogP contribution in [0.5, 0.6) is 0 Å². The molecule has 0 saturated carbocycles. The molecule has 0 bridgehead atoms. The Morgan fingerprint density at radius 2 is 2.14 bits per heavy atom. The first-order valence-corrected chi connectivity index (χ1v) is 4.71. The van der Waals surface area contributed by atoms with Gasteiger partial charge >= 0.3 is 0 Å². The van der Waals surface area contributed by atoms with Crippen LogP contribution >= 0.6 is 7.92 Å². The molecule has 0 aliphatic heterocycles. The molecule has 0 rings (SSSR count). The van der Waals surface area contributed by atoms with Crippen LogP contribution in [-0.2, 0) is 0 Å². The quantitative estimate of drug-likeness (QED) is 0.536. The highest BCUT2D eigenvalue weighted by molar-refractivity contribution is 7.56. The maximum absolute atomic E-state index is 8.63. The number of hydrogen-bond donors (Lipinski definition) is 1. The van der Waals surface area contributed by atoms with Gasteiger partial charge in [-0.3, -0.25) is 0 Å². The molecule has 0 amide bonds. The molecule has 1 radical (unpaired) electrons. The Labute approximate surface area is 46.5 Å². The summed E-state index contributed by atoms with van der Waals surface area (Å²) in [7, 11) is 0.0476. The summed E-state index contributed by atoms with van der Waals surface area (Å²) < 4.78 is 0. The molecule has 0 aromatic heterocycles.